The van der Waals surface area contributed by atoms with Crippen LogP contribution in [0, 0.1) is 17.8 Å². The summed E-state index contributed by atoms with van der Waals surface area (Å²) in [6.45, 7) is 1.97. The molecule has 0 saturated heterocycles. The van der Waals surface area contributed by atoms with Gasteiger partial charge in [0.05, 0.1) is 13.2 Å². The Morgan fingerprint density at radius 3 is 2.92 bits per heavy atom. The van der Waals surface area contributed by atoms with E-state index in [2.05, 4.69) is 16.6 Å². The van der Waals surface area contributed by atoms with E-state index >= 15 is 0 Å². The molecule has 0 amide bonds. The summed E-state index contributed by atoms with van der Waals surface area (Å²) in [6.07, 6.45) is 13.3. The van der Waals surface area contributed by atoms with Crippen LogP contribution in [0.4, 0.5) is 0 Å². The van der Waals surface area contributed by atoms with E-state index in [9.17, 15) is 14.7 Å². The van der Waals surface area contributed by atoms with Crippen LogP contribution in [0.1, 0.15) is 51.9 Å². The molecule has 0 aromatic heterocycles. The number of methoxy groups -OCH3 is 1. The highest BCUT2D eigenvalue weighted by Gasteiger charge is 2.21. The second kappa shape index (κ2) is 12.3. The van der Waals surface area contributed by atoms with Crippen molar-refractivity contribution in [2.24, 2.45) is 5.92 Å². The smallest absolute Gasteiger partial charge is 0.305 e. The molecule has 2 atom stereocenters. The minimum atomic E-state index is -0.533. The Hall–Kier alpha value is -2.12. The lowest BCUT2D eigenvalue weighted by Crippen LogP contribution is -2.07. The fourth-order valence-corrected chi connectivity index (χ4v) is 2.53. The van der Waals surface area contributed by atoms with E-state index in [1.54, 1.807) is 6.08 Å². The van der Waals surface area contributed by atoms with Crippen LogP contribution < -0.4 is 0 Å². The van der Waals surface area contributed by atoms with Crippen LogP contribution in [-0.4, -0.2) is 30.1 Å². The highest BCUT2D eigenvalue weighted by Crippen LogP contribution is 2.26. The molecule has 0 spiro atoms. The first-order chi connectivity index (χ1) is 12.1. The zero-order valence-corrected chi connectivity index (χ0v) is 15.2. The number of allylic oxidation sites excluding steroid dienone is 5. The predicted molar refractivity (Wildman–Crippen MR) is 98.7 cm³/mol. The number of rotatable bonds is 9. The van der Waals surface area contributed by atoms with E-state index in [0.717, 1.165) is 31.3 Å². The number of hydrogen-bond donors (Lipinski definition) is 1. The summed E-state index contributed by atoms with van der Waals surface area (Å²) < 4.78 is 4.59. The summed E-state index contributed by atoms with van der Waals surface area (Å²) in [7, 11) is 1.39. The molecule has 4 heteroatoms. The quantitative estimate of drug-likeness (QED) is 0.229. The van der Waals surface area contributed by atoms with Gasteiger partial charge in [-0.3, -0.25) is 9.59 Å². The number of carbonyl (C=O) groups is 2. The minimum Gasteiger partial charge on any atom is -0.469 e. The maximum Gasteiger partial charge on any atom is 0.305 e. The van der Waals surface area contributed by atoms with Crippen molar-refractivity contribution in [2.45, 2.75) is 58.0 Å². The van der Waals surface area contributed by atoms with Gasteiger partial charge in [-0.25, -0.2) is 0 Å². The monoisotopic (exact) mass is 344 g/mol. The molecule has 0 aromatic carbocycles. The number of carbonyl (C=O) groups excluding carboxylic acids is 2. The Morgan fingerprint density at radius 2 is 2.20 bits per heavy atom. The minimum absolute atomic E-state index is 0.0240. The Kier molecular flexibility index (Phi) is 10.3. The van der Waals surface area contributed by atoms with E-state index in [4.69, 9.17) is 0 Å². The number of unbranched alkanes of at least 4 members (excludes halogenated alkanes) is 1. The molecular weight excluding hydrogens is 316 g/mol. The average molecular weight is 344 g/mol. The predicted octanol–water partition coefficient (Wildman–Crippen LogP) is 3.51. The standard InChI is InChI=1S/C21H28O4/c1-3-4-7-11-18(22)14-15-19-17(13-16-20(19)23)10-8-5-6-9-12-21(24)25-2/h5,8,13,15-18,22H,3,6,9-12,14H2,1-2H3/b8-5-,19-15+. The van der Waals surface area contributed by atoms with Crippen LogP contribution in [0.15, 0.2) is 36.0 Å². The number of hydrogen-bond acceptors (Lipinski definition) is 4. The number of ketones is 1. The fraction of sp³-hybridized carbons (Fsp3) is 0.524. The highest BCUT2D eigenvalue weighted by atomic mass is 16.5. The molecule has 0 radical (unpaired) electrons. The zero-order valence-electron chi connectivity index (χ0n) is 15.2. The van der Waals surface area contributed by atoms with Crippen molar-refractivity contribution in [3.05, 3.63) is 36.0 Å². The van der Waals surface area contributed by atoms with Gasteiger partial charge in [-0.05, 0) is 31.8 Å². The van der Waals surface area contributed by atoms with Gasteiger partial charge in [0.2, 0.25) is 0 Å². The Bertz CT molecular complexity index is 587. The molecule has 2 unspecified atom stereocenters. The van der Waals surface area contributed by atoms with E-state index in [-0.39, 0.29) is 17.7 Å². The summed E-state index contributed by atoms with van der Waals surface area (Å²) in [5, 5.41) is 9.92. The molecule has 136 valence electrons. The van der Waals surface area contributed by atoms with Crippen molar-refractivity contribution < 1.29 is 19.4 Å². The second-order valence-electron chi connectivity index (χ2n) is 5.97. The van der Waals surface area contributed by atoms with Crippen molar-refractivity contribution in [1.82, 2.24) is 0 Å². The normalized spacial score (nSPS) is 19.2. The van der Waals surface area contributed by atoms with Crippen LogP contribution >= 0.6 is 0 Å². The van der Waals surface area contributed by atoms with E-state index in [1.807, 2.05) is 31.2 Å². The molecule has 0 aliphatic heterocycles. The van der Waals surface area contributed by atoms with E-state index in [0.29, 0.717) is 19.3 Å². The lowest BCUT2D eigenvalue weighted by Gasteiger charge is -2.09. The third-order valence-corrected chi connectivity index (χ3v) is 3.95. The van der Waals surface area contributed by atoms with E-state index < -0.39 is 6.10 Å². The van der Waals surface area contributed by atoms with Gasteiger partial charge < -0.3 is 9.84 Å². The summed E-state index contributed by atoms with van der Waals surface area (Å²) in [5.74, 6) is 5.76. The zero-order chi connectivity index (χ0) is 18.5. The maximum absolute atomic E-state index is 12.0. The SMILES string of the molecule is CCC#CCC(O)C/C=C1/C(=O)C=CC1C/C=C\CCCC(=O)OC. The summed E-state index contributed by atoms with van der Waals surface area (Å²) in [6, 6.07) is 0. The summed E-state index contributed by atoms with van der Waals surface area (Å²) in [4.78, 5) is 23.0. The molecule has 0 saturated carbocycles. The number of aliphatic hydroxyl groups is 1. The third kappa shape index (κ3) is 8.51. The van der Waals surface area contributed by atoms with Crippen LogP contribution in [0.3, 0.4) is 0 Å². The lowest BCUT2D eigenvalue weighted by molar-refractivity contribution is -0.140. The average Bonchev–Trinajstić information content (AvgIpc) is 2.96. The van der Waals surface area contributed by atoms with Gasteiger partial charge in [-0.15, -0.1) is 11.8 Å². The van der Waals surface area contributed by atoms with Crippen LogP contribution in [0.2, 0.25) is 0 Å². The van der Waals surface area contributed by atoms with Gasteiger partial charge in [0.1, 0.15) is 0 Å². The third-order valence-electron chi connectivity index (χ3n) is 3.95. The maximum atomic E-state index is 12.0. The van der Waals surface area contributed by atoms with Gasteiger partial charge in [0, 0.05) is 30.8 Å². The molecule has 1 aliphatic carbocycles. The molecular formula is C21H28O4. The first kappa shape index (κ1) is 20.9. The molecule has 1 rings (SSSR count). The number of esters is 1. The summed E-state index contributed by atoms with van der Waals surface area (Å²) in [5.41, 5.74) is 0.752. The van der Waals surface area contributed by atoms with Crippen LogP contribution in [0.25, 0.3) is 0 Å². The molecule has 1 N–H and O–H groups in total. The number of aliphatic hydroxyl groups excluding tert-OH is 1. The van der Waals surface area contributed by atoms with Crippen molar-refractivity contribution in [3.8, 4) is 11.8 Å². The van der Waals surface area contributed by atoms with Gasteiger partial charge in [-0.2, -0.15) is 0 Å². The van der Waals surface area contributed by atoms with Gasteiger partial charge in [0.25, 0.3) is 0 Å². The highest BCUT2D eigenvalue weighted by molar-refractivity contribution is 6.07. The second-order valence-corrected chi connectivity index (χ2v) is 5.97. The number of ether oxygens (including phenoxy) is 1. The van der Waals surface area contributed by atoms with Gasteiger partial charge in [-0.1, -0.05) is 31.2 Å². The first-order valence-corrected chi connectivity index (χ1v) is 8.86. The van der Waals surface area contributed by atoms with Crippen molar-refractivity contribution in [2.75, 3.05) is 7.11 Å². The Morgan fingerprint density at radius 1 is 1.40 bits per heavy atom. The van der Waals surface area contributed by atoms with E-state index in [1.165, 1.54) is 7.11 Å². The largest absolute Gasteiger partial charge is 0.469 e. The van der Waals surface area contributed by atoms with Crippen molar-refractivity contribution in [1.29, 1.82) is 0 Å². The molecule has 0 fully saturated rings. The Balaban J connectivity index is 2.42. The van der Waals surface area contributed by atoms with Crippen molar-refractivity contribution >= 4 is 11.8 Å². The van der Waals surface area contributed by atoms with Gasteiger partial charge >= 0.3 is 5.97 Å². The molecule has 25 heavy (non-hydrogen) atoms. The van der Waals surface area contributed by atoms with Gasteiger partial charge in [0.15, 0.2) is 5.78 Å². The molecule has 0 aromatic rings. The topological polar surface area (TPSA) is 63.6 Å². The fourth-order valence-electron chi connectivity index (χ4n) is 2.53. The molecule has 0 bridgehead atoms. The van der Waals surface area contributed by atoms with Crippen molar-refractivity contribution in [3.63, 3.8) is 0 Å². The molecule has 0 heterocycles. The van der Waals surface area contributed by atoms with Crippen LogP contribution in [-0.2, 0) is 14.3 Å². The Labute approximate surface area is 150 Å². The first-order valence-electron chi connectivity index (χ1n) is 8.86. The van der Waals surface area contributed by atoms with Crippen LogP contribution in [0.5, 0.6) is 0 Å². The molecule has 1 aliphatic rings. The summed E-state index contributed by atoms with van der Waals surface area (Å²) >= 11 is 0. The molecule has 4 nitrogen and oxygen atoms in total. The lowest BCUT2D eigenvalue weighted by atomic mass is 9.96.